The van der Waals surface area contributed by atoms with Crippen molar-refractivity contribution in [1.29, 1.82) is 0 Å². The van der Waals surface area contributed by atoms with E-state index >= 15 is 0 Å². The average molecular weight is 317 g/mol. The van der Waals surface area contributed by atoms with E-state index in [1.54, 1.807) is 30.5 Å². The predicted molar refractivity (Wildman–Crippen MR) is 82.3 cm³/mol. The highest BCUT2D eigenvalue weighted by Crippen LogP contribution is 2.20. The Morgan fingerprint density at radius 3 is 2.95 bits per heavy atom. The molecule has 0 aliphatic carbocycles. The molecule has 0 aliphatic rings. The number of hydrazone groups is 1. The van der Waals surface area contributed by atoms with Gasteiger partial charge in [-0.1, -0.05) is 23.9 Å². The van der Waals surface area contributed by atoms with Crippen molar-refractivity contribution < 1.29 is 8.81 Å². The number of aromatic amines is 1. The summed E-state index contributed by atoms with van der Waals surface area (Å²) in [6.45, 7) is 0. The molecule has 3 aromatic rings. The number of hydrogen-bond acceptors (Lipinski definition) is 6. The highest BCUT2D eigenvalue weighted by Gasteiger charge is 2.04. The van der Waals surface area contributed by atoms with E-state index in [4.69, 9.17) is 4.42 Å². The lowest BCUT2D eigenvalue weighted by Gasteiger charge is -1.97. The molecule has 2 N–H and O–H groups in total. The fourth-order valence-corrected chi connectivity index (χ4v) is 2.37. The van der Waals surface area contributed by atoms with Crippen LogP contribution < -0.4 is 5.43 Å². The molecule has 1 aromatic carbocycles. The van der Waals surface area contributed by atoms with Gasteiger partial charge in [0.1, 0.15) is 11.6 Å². The monoisotopic (exact) mass is 317 g/mol. The molecular weight excluding hydrogens is 305 g/mol. The zero-order chi connectivity index (χ0) is 15.2. The lowest BCUT2D eigenvalue weighted by molar-refractivity contribution is 0.560. The van der Waals surface area contributed by atoms with Crippen LogP contribution in [0.2, 0.25) is 0 Å². The molecule has 0 spiro atoms. The van der Waals surface area contributed by atoms with Gasteiger partial charge in [0, 0.05) is 5.75 Å². The van der Waals surface area contributed by atoms with Crippen LogP contribution in [0, 0.1) is 5.82 Å². The SMILES string of the molecule is Fc1ccc(CSc2n[nH]c(N/N=C\c3ccco3)n2)cc1. The predicted octanol–water partition coefficient (Wildman–Crippen LogP) is 3.28. The van der Waals surface area contributed by atoms with Crippen LogP contribution in [-0.2, 0) is 5.75 Å². The molecule has 0 saturated heterocycles. The third kappa shape index (κ3) is 3.95. The molecule has 2 aromatic heterocycles. The van der Waals surface area contributed by atoms with Crippen LogP contribution in [0.15, 0.2) is 57.3 Å². The van der Waals surface area contributed by atoms with E-state index in [9.17, 15) is 4.39 Å². The van der Waals surface area contributed by atoms with E-state index in [0.717, 1.165) is 5.56 Å². The highest BCUT2D eigenvalue weighted by atomic mass is 32.2. The Morgan fingerprint density at radius 1 is 1.32 bits per heavy atom. The number of thioether (sulfide) groups is 1. The number of furan rings is 1. The second kappa shape index (κ2) is 6.90. The van der Waals surface area contributed by atoms with E-state index < -0.39 is 0 Å². The number of H-pyrrole nitrogens is 1. The number of nitrogens with one attached hydrogen (secondary N) is 2. The first kappa shape index (κ1) is 14.3. The summed E-state index contributed by atoms with van der Waals surface area (Å²) < 4.78 is 17.9. The van der Waals surface area contributed by atoms with E-state index in [1.807, 2.05) is 0 Å². The Labute approximate surface area is 129 Å². The number of hydrogen-bond donors (Lipinski definition) is 2. The van der Waals surface area contributed by atoms with E-state index in [0.29, 0.717) is 22.6 Å². The molecule has 0 unspecified atom stereocenters. The Morgan fingerprint density at radius 2 is 2.18 bits per heavy atom. The van der Waals surface area contributed by atoms with Crippen LogP contribution >= 0.6 is 11.8 Å². The van der Waals surface area contributed by atoms with Crippen molar-refractivity contribution >= 4 is 23.9 Å². The summed E-state index contributed by atoms with van der Waals surface area (Å²) in [6, 6.07) is 9.91. The molecule has 8 heteroatoms. The van der Waals surface area contributed by atoms with Gasteiger partial charge in [0.25, 0.3) is 0 Å². The van der Waals surface area contributed by atoms with Crippen molar-refractivity contribution in [3.63, 3.8) is 0 Å². The van der Waals surface area contributed by atoms with E-state index in [2.05, 4.69) is 25.7 Å². The van der Waals surface area contributed by atoms with Crippen LogP contribution in [0.25, 0.3) is 0 Å². The van der Waals surface area contributed by atoms with Gasteiger partial charge in [-0.25, -0.2) is 14.9 Å². The van der Waals surface area contributed by atoms with E-state index in [1.165, 1.54) is 30.1 Å². The topological polar surface area (TPSA) is 79.1 Å². The third-order valence-electron chi connectivity index (χ3n) is 2.65. The summed E-state index contributed by atoms with van der Waals surface area (Å²) in [5, 5.41) is 11.3. The summed E-state index contributed by atoms with van der Waals surface area (Å²) in [4.78, 5) is 4.23. The zero-order valence-electron chi connectivity index (χ0n) is 11.4. The van der Waals surface area contributed by atoms with Crippen LogP contribution in [0.1, 0.15) is 11.3 Å². The maximum atomic E-state index is 12.8. The Bertz CT molecular complexity index is 739. The fraction of sp³-hybridized carbons (Fsp3) is 0.0714. The van der Waals surface area contributed by atoms with Crippen molar-refractivity contribution in [1.82, 2.24) is 15.2 Å². The van der Waals surface area contributed by atoms with Gasteiger partial charge in [0.15, 0.2) is 0 Å². The molecule has 0 fully saturated rings. The zero-order valence-corrected chi connectivity index (χ0v) is 12.2. The molecule has 0 saturated carbocycles. The van der Waals surface area contributed by atoms with Gasteiger partial charge >= 0.3 is 0 Å². The number of anilines is 1. The molecule has 112 valence electrons. The van der Waals surface area contributed by atoms with Gasteiger partial charge in [0.2, 0.25) is 11.1 Å². The molecule has 22 heavy (non-hydrogen) atoms. The molecule has 0 amide bonds. The normalized spacial score (nSPS) is 11.1. The second-order valence-electron chi connectivity index (χ2n) is 4.27. The van der Waals surface area contributed by atoms with Gasteiger partial charge in [-0.15, -0.1) is 5.10 Å². The quantitative estimate of drug-likeness (QED) is 0.414. The Kier molecular flexibility index (Phi) is 4.50. The number of aromatic nitrogens is 3. The third-order valence-corrected chi connectivity index (χ3v) is 3.57. The molecule has 3 rings (SSSR count). The molecule has 6 nitrogen and oxygen atoms in total. The van der Waals surface area contributed by atoms with Crippen molar-refractivity contribution in [3.8, 4) is 0 Å². The maximum absolute atomic E-state index is 12.8. The van der Waals surface area contributed by atoms with Gasteiger partial charge < -0.3 is 4.42 Å². The first-order valence-corrected chi connectivity index (χ1v) is 7.40. The van der Waals surface area contributed by atoms with Crippen LogP contribution in [0.5, 0.6) is 0 Å². The van der Waals surface area contributed by atoms with Crippen molar-refractivity contribution in [3.05, 3.63) is 59.8 Å². The minimum atomic E-state index is -0.243. The number of halogens is 1. The van der Waals surface area contributed by atoms with E-state index in [-0.39, 0.29) is 5.82 Å². The Hall–Kier alpha value is -2.61. The molecule has 0 bridgehead atoms. The number of rotatable bonds is 6. The van der Waals surface area contributed by atoms with Crippen molar-refractivity contribution in [2.45, 2.75) is 10.9 Å². The average Bonchev–Trinajstić information content (AvgIpc) is 3.19. The lowest BCUT2D eigenvalue weighted by Crippen LogP contribution is -1.91. The maximum Gasteiger partial charge on any atom is 0.240 e. The summed E-state index contributed by atoms with van der Waals surface area (Å²) in [5.41, 5.74) is 3.73. The first-order valence-electron chi connectivity index (χ1n) is 6.42. The smallest absolute Gasteiger partial charge is 0.240 e. The van der Waals surface area contributed by atoms with Gasteiger partial charge in [-0.05, 0) is 29.8 Å². The minimum absolute atomic E-state index is 0.243. The minimum Gasteiger partial charge on any atom is -0.463 e. The number of nitrogens with zero attached hydrogens (tertiary/aromatic N) is 3. The molecular formula is C14H12FN5OS. The summed E-state index contributed by atoms with van der Waals surface area (Å²) >= 11 is 1.45. The summed E-state index contributed by atoms with van der Waals surface area (Å²) in [5.74, 6) is 1.49. The lowest BCUT2D eigenvalue weighted by atomic mass is 10.2. The van der Waals surface area contributed by atoms with Crippen LogP contribution in [0.4, 0.5) is 10.3 Å². The van der Waals surface area contributed by atoms with Gasteiger partial charge in [-0.2, -0.15) is 10.1 Å². The summed E-state index contributed by atoms with van der Waals surface area (Å²) in [6.07, 6.45) is 3.11. The molecule has 0 aliphatic heterocycles. The van der Waals surface area contributed by atoms with Crippen LogP contribution in [0.3, 0.4) is 0 Å². The fourth-order valence-electron chi connectivity index (χ4n) is 1.61. The highest BCUT2D eigenvalue weighted by molar-refractivity contribution is 7.98. The second-order valence-corrected chi connectivity index (χ2v) is 5.21. The molecule has 0 atom stereocenters. The van der Waals surface area contributed by atoms with Gasteiger partial charge in [0.05, 0.1) is 12.5 Å². The molecule has 0 radical (unpaired) electrons. The Balaban J connectivity index is 1.51. The van der Waals surface area contributed by atoms with Crippen LogP contribution in [-0.4, -0.2) is 21.4 Å². The molecule has 2 heterocycles. The van der Waals surface area contributed by atoms with Crippen molar-refractivity contribution in [2.24, 2.45) is 5.10 Å². The largest absolute Gasteiger partial charge is 0.463 e. The van der Waals surface area contributed by atoms with Gasteiger partial charge in [-0.3, -0.25) is 0 Å². The first-order chi connectivity index (χ1) is 10.8. The van der Waals surface area contributed by atoms with Crippen molar-refractivity contribution in [2.75, 3.05) is 5.43 Å². The summed E-state index contributed by atoms with van der Waals surface area (Å²) in [7, 11) is 0. The number of benzene rings is 1. The standard InChI is InChI=1S/C14H12FN5OS/c15-11-5-3-10(4-6-11)9-22-14-17-13(19-20-14)18-16-8-12-2-1-7-21-12/h1-8H,9H2,(H2,17,18,19,20)/b16-8-.